The molecule has 0 spiro atoms. The molecule has 4 rings (SSSR count). The molecule has 0 bridgehead atoms. The summed E-state index contributed by atoms with van der Waals surface area (Å²) in [6.07, 6.45) is -0.721. The van der Waals surface area contributed by atoms with Crippen LogP contribution in [0, 0.1) is 6.92 Å². The van der Waals surface area contributed by atoms with E-state index in [-0.39, 0.29) is 18.9 Å². The second kappa shape index (κ2) is 8.04. The highest BCUT2D eigenvalue weighted by Gasteiger charge is 2.34. The minimum absolute atomic E-state index is 0.171. The van der Waals surface area contributed by atoms with E-state index in [0.29, 0.717) is 29.6 Å². The third-order valence-corrected chi connectivity index (χ3v) is 5.32. The van der Waals surface area contributed by atoms with Gasteiger partial charge in [-0.25, -0.2) is 4.39 Å². The van der Waals surface area contributed by atoms with Crippen molar-refractivity contribution in [3.63, 3.8) is 0 Å². The van der Waals surface area contributed by atoms with Gasteiger partial charge in [0.15, 0.2) is 5.76 Å². The van der Waals surface area contributed by atoms with Gasteiger partial charge in [0.1, 0.15) is 18.5 Å². The number of aromatic amines is 1. The molecule has 154 valence electrons. The van der Waals surface area contributed by atoms with Crippen molar-refractivity contribution in [1.82, 2.24) is 20.4 Å². The number of carbonyl (C=O) groups excluding carboxylic acids is 1. The number of fused-ring (bicyclic) bond motifs is 1. The number of aromatic nitrogens is 2. The number of amides is 1. The van der Waals surface area contributed by atoms with Crippen molar-refractivity contribution < 1.29 is 18.4 Å². The highest BCUT2D eigenvalue weighted by atomic mass is 35.5. The van der Waals surface area contributed by atoms with Crippen LogP contribution < -0.4 is 10.1 Å². The molecule has 0 aliphatic carbocycles. The Hall–Kier alpha value is -2.58. The van der Waals surface area contributed by atoms with E-state index in [1.54, 1.807) is 24.1 Å². The second-order valence-corrected chi connectivity index (χ2v) is 7.80. The zero-order valence-electron chi connectivity index (χ0n) is 16.2. The predicted octanol–water partition coefficient (Wildman–Crippen LogP) is 3.36. The Kier molecular flexibility index (Phi) is 5.47. The Morgan fingerprint density at radius 2 is 2.28 bits per heavy atom. The zero-order chi connectivity index (χ0) is 20.5. The predicted molar refractivity (Wildman–Crippen MR) is 107 cm³/mol. The number of hydrogen-bond donors (Lipinski definition) is 2. The van der Waals surface area contributed by atoms with Gasteiger partial charge in [-0.3, -0.25) is 9.69 Å². The number of likely N-dealkylation sites (tertiary alicyclic amines) is 1. The van der Waals surface area contributed by atoms with E-state index in [4.69, 9.17) is 20.9 Å². The summed E-state index contributed by atoms with van der Waals surface area (Å²) in [5.41, 5.74) is 2.45. The molecule has 0 radical (unpaired) electrons. The van der Waals surface area contributed by atoms with Crippen LogP contribution >= 0.6 is 11.6 Å². The first-order chi connectivity index (χ1) is 13.9. The first kappa shape index (κ1) is 19.7. The maximum absolute atomic E-state index is 13.5. The SMILES string of the molecule is Cc1cc(COc2cc3[nH]c(CNC(=O)[C@@H]4C[C@@H](F)CN4C)cc3cc2Cl)on1. The summed E-state index contributed by atoms with van der Waals surface area (Å²) < 4.78 is 24.4. The molecule has 1 fully saturated rings. The molecule has 29 heavy (non-hydrogen) atoms. The Labute approximate surface area is 172 Å². The first-order valence-corrected chi connectivity index (χ1v) is 9.75. The second-order valence-electron chi connectivity index (χ2n) is 7.39. The molecule has 1 saturated heterocycles. The van der Waals surface area contributed by atoms with Crippen LogP contribution in [0.2, 0.25) is 5.02 Å². The Morgan fingerprint density at radius 1 is 1.45 bits per heavy atom. The van der Waals surface area contributed by atoms with Crippen molar-refractivity contribution >= 4 is 28.4 Å². The zero-order valence-corrected chi connectivity index (χ0v) is 16.9. The monoisotopic (exact) mass is 420 g/mol. The van der Waals surface area contributed by atoms with E-state index in [1.807, 2.05) is 19.1 Å². The van der Waals surface area contributed by atoms with Gasteiger partial charge in [-0.1, -0.05) is 16.8 Å². The number of ether oxygens (including phenoxy) is 1. The number of aryl methyl sites for hydroxylation is 1. The van der Waals surface area contributed by atoms with Crippen LogP contribution in [0.4, 0.5) is 4.39 Å². The number of nitrogens with one attached hydrogen (secondary N) is 2. The van der Waals surface area contributed by atoms with E-state index in [2.05, 4.69) is 15.5 Å². The highest BCUT2D eigenvalue weighted by Crippen LogP contribution is 2.31. The van der Waals surface area contributed by atoms with Gasteiger partial charge < -0.3 is 19.6 Å². The molecule has 9 heteroatoms. The number of nitrogens with zero attached hydrogens (tertiary/aromatic N) is 2. The van der Waals surface area contributed by atoms with Crippen molar-refractivity contribution in [2.75, 3.05) is 13.6 Å². The molecular weight excluding hydrogens is 399 g/mol. The summed E-state index contributed by atoms with van der Waals surface area (Å²) in [5.74, 6) is 0.962. The molecule has 0 saturated carbocycles. The molecule has 3 aromatic rings. The van der Waals surface area contributed by atoms with E-state index >= 15 is 0 Å². The van der Waals surface area contributed by atoms with Crippen LogP contribution in [-0.4, -0.2) is 46.8 Å². The third kappa shape index (κ3) is 4.38. The Morgan fingerprint density at radius 3 is 2.97 bits per heavy atom. The number of carbonyl (C=O) groups is 1. The number of H-pyrrole nitrogens is 1. The fraction of sp³-hybridized carbons (Fsp3) is 0.400. The molecule has 1 amide bonds. The van der Waals surface area contributed by atoms with E-state index in [0.717, 1.165) is 22.3 Å². The van der Waals surface area contributed by atoms with Crippen LogP contribution in [0.15, 0.2) is 28.8 Å². The summed E-state index contributed by atoms with van der Waals surface area (Å²) in [6, 6.07) is 6.91. The molecule has 1 aromatic carbocycles. The minimum atomic E-state index is -0.953. The number of alkyl halides is 1. The molecule has 3 heterocycles. The number of hydrogen-bond acceptors (Lipinski definition) is 5. The van der Waals surface area contributed by atoms with Gasteiger partial charge in [0, 0.05) is 41.7 Å². The molecule has 0 unspecified atom stereocenters. The average Bonchev–Trinajstić information content (AvgIpc) is 3.35. The summed E-state index contributed by atoms with van der Waals surface area (Å²) >= 11 is 6.33. The quantitative estimate of drug-likeness (QED) is 0.639. The topological polar surface area (TPSA) is 83.4 Å². The van der Waals surface area contributed by atoms with Crippen molar-refractivity contribution in [3.05, 3.63) is 46.4 Å². The van der Waals surface area contributed by atoms with Crippen molar-refractivity contribution in [2.24, 2.45) is 0 Å². The van der Waals surface area contributed by atoms with Gasteiger partial charge in [0.25, 0.3) is 0 Å². The number of benzene rings is 1. The number of halogens is 2. The Bertz CT molecular complexity index is 1030. The first-order valence-electron chi connectivity index (χ1n) is 9.37. The summed E-state index contributed by atoms with van der Waals surface area (Å²) in [4.78, 5) is 17.3. The number of likely N-dealkylation sites (N-methyl/N-ethyl adjacent to an activating group) is 1. The maximum Gasteiger partial charge on any atom is 0.237 e. The largest absolute Gasteiger partial charge is 0.484 e. The fourth-order valence-electron chi connectivity index (χ4n) is 3.58. The lowest BCUT2D eigenvalue weighted by atomic mass is 10.2. The summed E-state index contributed by atoms with van der Waals surface area (Å²) in [7, 11) is 1.76. The van der Waals surface area contributed by atoms with Gasteiger partial charge in [-0.05, 0) is 26.1 Å². The van der Waals surface area contributed by atoms with Gasteiger partial charge in [-0.15, -0.1) is 0 Å². The van der Waals surface area contributed by atoms with Crippen molar-refractivity contribution in [2.45, 2.75) is 38.7 Å². The average molecular weight is 421 g/mol. The van der Waals surface area contributed by atoms with E-state index in [1.165, 1.54) is 0 Å². The van der Waals surface area contributed by atoms with Gasteiger partial charge in [0.05, 0.1) is 23.3 Å². The summed E-state index contributed by atoms with van der Waals surface area (Å²) in [5, 5.41) is 8.08. The highest BCUT2D eigenvalue weighted by molar-refractivity contribution is 6.32. The van der Waals surface area contributed by atoms with E-state index in [9.17, 15) is 9.18 Å². The lowest BCUT2D eigenvalue weighted by Gasteiger charge is -2.17. The molecule has 2 aromatic heterocycles. The van der Waals surface area contributed by atoms with Crippen LogP contribution in [-0.2, 0) is 17.9 Å². The fourth-order valence-corrected chi connectivity index (χ4v) is 3.80. The lowest BCUT2D eigenvalue weighted by molar-refractivity contribution is -0.125. The molecule has 1 aliphatic rings. The lowest BCUT2D eigenvalue weighted by Crippen LogP contribution is -2.41. The third-order valence-electron chi connectivity index (χ3n) is 5.03. The van der Waals surface area contributed by atoms with Crippen LogP contribution in [0.25, 0.3) is 10.9 Å². The van der Waals surface area contributed by atoms with Crippen LogP contribution in [0.3, 0.4) is 0 Å². The van der Waals surface area contributed by atoms with E-state index < -0.39 is 12.2 Å². The van der Waals surface area contributed by atoms with Crippen molar-refractivity contribution in [1.29, 1.82) is 0 Å². The summed E-state index contributed by atoms with van der Waals surface area (Å²) in [6.45, 7) is 2.67. The van der Waals surface area contributed by atoms with Gasteiger partial charge in [0.2, 0.25) is 5.91 Å². The smallest absolute Gasteiger partial charge is 0.237 e. The molecular formula is C20H22ClFN4O3. The van der Waals surface area contributed by atoms with Crippen molar-refractivity contribution in [3.8, 4) is 5.75 Å². The number of rotatable bonds is 6. The van der Waals surface area contributed by atoms with Gasteiger partial charge in [-0.2, -0.15) is 0 Å². The van der Waals surface area contributed by atoms with Crippen LogP contribution in [0.5, 0.6) is 5.75 Å². The molecule has 2 N–H and O–H groups in total. The minimum Gasteiger partial charge on any atom is -0.484 e. The Balaban J connectivity index is 1.41. The van der Waals surface area contributed by atoms with Crippen LogP contribution in [0.1, 0.15) is 23.6 Å². The molecule has 1 aliphatic heterocycles. The molecule has 7 nitrogen and oxygen atoms in total. The maximum atomic E-state index is 13.5. The normalized spacial score (nSPS) is 19.7. The van der Waals surface area contributed by atoms with Gasteiger partial charge >= 0.3 is 0 Å². The standard InChI is InChI=1S/C20H22ClFN4O3/c1-11-3-15(29-25-11)10-28-19-7-17-12(5-16(19)21)4-14(24-17)8-23-20(27)18-6-13(22)9-26(18)2/h3-5,7,13,18,24H,6,8-10H2,1-2H3,(H,23,27)/t13-,18+/m1/s1. The molecule has 2 atom stereocenters.